The maximum Gasteiger partial charge on any atom is 0.111 e. The Balaban J connectivity index is 2.15. The maximum absolute atomic E-state index is 10.3. The quantitative estimate of drug-likeness (QED) is 0.891. The summed E-state index contributed by atoms with van der Waals surface area (Å²) in [5, 5.41) is 10.9. The maximum atomic E-state index is 10.3. The molecule has 0 spiro atoms. The van der Waals surface area contributed by atoms with Crippen LogP contribution in [0.3, 0.4) is 0 Å². The molecule has 0 fully saturated rings. The molecule has 0 aliphatic rings. The predicted octanol–water partition coefficient (Wildman–Crippen LogP) is 3.99. The van der Waals surface area contributed by atoms with Crippen molar-refractivity contribution in [2.45, 2.75) is 32.4 Å². The summed E-state index contributed by atoms with van der Waals surface area (Å²) in [5.41, 5.74) is 0.797. The highest BCUT2D eigenvalue weighted by atomic mass is 79.9. The Morgan fingerprint density at radius 1 is 1.42 bits per heavy atom. The van der Waals surface area contributed by atoms with Crippen molar-refractivity contribution in [2.24, 2.45) is 0 Å². The van der Waals surface area contributed by atoms with Crippen LogP contribution in [0.25, 0.3) is 0 Å². The molecule has 2 rings (SSSR count). The fraction of sp³-hybridized carbons (Fsp3) is 0.357. The van der Waals surface area contributed by atoms with E-state index in [1.165, 1.54) is 0 Å². The SMILES string of the molecule is CCCn1ccnc1CC(O)c1cc(Cl)cc(Br)c1. The van der Waals surface area contributed by atoms with Gasteiger partial charge in [0.05, 0.1) is 6.10 Å². The van der Waals surface area contributed by atoms with Crippen molar-refractivity contribution in [1.29, 1.82) is 0 Å². The van der Waals surface area contributed by atoms with E-state index in [-0.39, 0.29) is 0 Å². The van der Waals surface area contributed by atoms with Gasteiger partial charge >= 0.3 is 0 Å². The Morgan fingerprint density at radius 3 is 2.89 bits per heavy atom. The van der Waals surface area contributed by atoms with Crippen molar-refractivity contribution < 1.29 is 5.11 Å². The van der Waals surface area contributed by atoms with E-state index < -0.39 is 6.10 Å². The van der Waals surface area contributed by atoms with E-state index in [9.17, 15) is 5.11 Å². The van der Waals surface area contributed by atoms with Crippen LogP contribution in [-0.2, 0) is 13.0 Å². The highest BCUT2D eigenvalue weighted by molar-refractivity contribution is 9.10. The molecule has 0 bridgehead atoms. The summed E-state index contributed by atoms with van der Waals surface area (Å²) >= 11 is 9.38. The molecule has 0 radical (unpaired) electrons. The van der Waals surface area contributed by atoms with Gasteiger partial charge in [0.15, 0.2) is 0 Å². The average molecular weight is 344 g/mol. The number of hydrogen-bond acceptors (Lipinski definition) is 2. The van der Waals surface area contributed by atoms with E-state index in [1.807, 2.05) is 12.3 Å². The summed E-state index contributed by atoms with van der Waals surface area (Å²) < 4.78 is 2.94. The smallest absolute Gasteiger partial charge is 0.111 e. The van der Waals surface area contributed by atoms with Gasteiger partial charge in [-0.05, 0) is 30.2 Å². The second-order valence-corrected chi connectivity index (χ2v) is 5.81. The van der Waals surface area contributed by atoms with Gasteiger partial charge in [-0.2, -0.15) is 0 Å². The van der Waals surface area contributed by atoms with Gasteiger partial charge in [0, 0.05) is 34.9 Å². The third-order valence-corrected chi connectivity index (χ3v) is 3.59. The van der Waals surface area contributed by atoms with Gasteiger partial charge in [-0.15, -0.1) is 0 Å². The lowest BCUT2D eigenvalue weighted by atomic mass is 10.1. The zero-order valence-corrected chi connectivity index (χ0v) is 13.0. The van der Waals surface area contributed by atoms with Crippen LogP contribution in [0.2, 0.25) is 5.02 Å². The molecule has 1 aromatic carbocycles. The Hall–Kier alpha value is -0.840. The first-order chi connectivity index (χ1) is 9.10. The number of aryl methyl sites for hydroxylation is 1. The second kappa shape index (κ2) is 6.55. The molecule has 1 N–H and O–H groups in total. The Kier molecular flexibility index (Phi) is 5.02. The third-order valence-electron chi connectivity index (χ3n) is 2.91. The number of aliphatic hydroxyl groups is 1. The number of hydrogen-bond donors (Lipinski definition) is 1. The van der Waals surface area contributed by atoms with E-state index in [0.717, 1.165) is 28.8 Å². The van der Waals surface area contributed by atoms with Gasteiger partial charge in [-0.1, -0.05) is 34.5 Å². The monoisotopic (exact) mass is 342 g/mol. The molecular formula is C14H16BrClN2O. The van der Waals surface area contributed by atoms with Crippen LogP contribution in [0.15, 0.2) is 35.1 Å². The Bertz CT molecular complexity index is 536. The number of aromatic nitrogens is 2. The topological polar surface area (TPSA) is 38.0 Å². The fourth-order valence-corrected chi connectivity index (χ4v) is 2.92. The first-order valence-corrected chi connectivity index (χ1v) is 7.41. The molecule has 1 aromatic heterocycles. The molecule has 0 saturated heterocycles. The molecule has 0 saturated carbocycles. The van der Waals surface area contributed by atoms with Crippen molar-refractivity contribution >= 4 is 27.5 Å². The van der Waals surface area contributed by atoms with Crippen LogP contribution >= 0.6 is 27.5 Å². The second-order valence-electron chi connectivity index (χ2n) is 4.46. The highest BCUT2D eigenvalue weighted by Crippen LogP contribution is 2.25. The molecular weight excluding hydrogens is 328 g/mol. The minimum atomic E-state index is -0.604. The first kappa shape index (κ1) is 14.6. The van der Waals surface area contributed by atoms with Crippen LogP contribution < -0.4 is 0 Å². The summed E-state index contributed by atoms with van der Waals surface area (Å²) in [6.07, 6.45) is 4.64. The van der Waals surface area contributed by atoms with Crippen LogP contribution in [0.1, 0.15) is 30.8 Å². The molecule has 2 aromatic rings. The molecule has 0 amide bonds. The number of halogens is 2. The summed E-state index contributed by atoms with van der Waals surface area (Å²) in [7, 11) is 0. The lowest BCUT2D eigenvalue weighted by Gasteiger charge is -2.13. The third kappa shape index (κ3) is 3.81. The fourth-order valence-electron chi connectivity index (χ4n) is 2.03. The number of imidazole rings is 1. The van der Waals surface area contributed by atoms with E-state index in [4.69, 9.17) is 11.6 Å². The van der Waals surface area contributed by atoms with Crippen molar-refractivity contribution in [3.63, 3.8) is 0 Å². The molecule has 19 heavy (non-hydrogen) atoms. The van der Waals surface area contributed by atoms with E-state index in [2.05, 4.69) is 32.4 Å². The summed E-state index contributed by atoms with van der Waals surface area (Å²) in [5.74, 6) is 0.894. The highest BCUT2D eigenvalue weighted by Gasteiger charge is 2.13. The summed E-state index contributed by atoms with van der Waals surface area (Å²) in [6.45, 7) is 3.04. The van der Waals surface area contributed by atoms with E-state index in [1.54, 1.807) is 18.3 Å². The van der Waals surface area contributed by atoms with Crippen molar-refractivity contribution in [3.8, 4) is 0 Å². The van der Waals surface area contributed by atoms with Crippen LogP contribution in [-0.4, -0.2) is 14.7 Å². The lowest BCUT2D eigenvalue weighted by Crippen LogP contribution is -2.09. The van der Waals surface area contributed by atoms with Gasteiger partial charge in [-0.25, -0.2) is 4.98 Å². The molecule has 1 unspecified atom stereocenters. The zero-order chi connectivity index (χ0) is 13.8. The van der Waals surface area contributed by atoms with Crippen molar-refractivity contribution in [1.82, 2.24) is 9.55 Å². The van der Waals surface area contributed by atoms with Crippen LogP contribution in [0.5, 0.6) is 0 Å². The standard InChI is InChI=1S/C14H16BrClN2O/c1-2-4-18-5-3-17-14(18)9-13(19)10-6-11(15)8-12(16)7-10/h3,5-8,13,19H,2,4,9H2,1H3. The molecule has 1 atom stereocenters. The van der Waals surface area contributed by atoms with Crippen molar-refractivity contribution in [3.05, 3.63) is 51.5 Å². The summed E-state index contributed by atoms with van der Waals surface area (Å²) in [6, 6.07) is 5.46. The number of aliphatic hydroxyl groups excluding tert-OH is 1. The number of benzene rings is 1. The molecule has 0 aliphatic heterocycles. The van der Waals surface area contributed by atoms with E-state index >= 15 is 0 Å². The normalized spacial score (nSPS) is 12.6. The predicted molar refractivity (Wildman–Crippen MR) is 80.3 cm³/mol. The Labute approximate surface area is 126 Å². The minimum Gasteiger partial charge on any atom is -0.388 e. The van der Waals surface area contributed by atoms with Gasteiger partial charge < -0.3 is 9.67 Å². The molecule has 0 aliphatic carbocycles. The van der Waals surface area contributed by atoms with Crippen molar-refractivity contribution in [2.75, 3.05) is 0 Å². The summed E-state index contributed by atoms with van der Waals surface area (Å²) in [4.78, 5) is 4.30. The van der Waals surface area contributed by atoms with E-state index in [0.29, 0.717) is 11.4 Å². The Morgan fingerprint density at radius 2 is 2.21 bits per heavy atom. The molecule has 1 heterocycles. The van der Waals surface area contributed by atoms with Crippen LogP contribution in [0, 0.1) is 0 Å². The first-order valence-electron chi connectivity index (χ1n) is 6.24. The minimum absolute atomic E-state index is 0.486. The largest absolute Gasteiger partial charge is 0.388 e. The molecule has 5 heteroatoms. The lowest BCUT2D eigenvalue weighted by molar-refractivity contribution is 0.174. The van der Waals surface area contributed by atoms with Crippen LogP contribution in [0.4, 0.5) is 0 Å². The van der Waals surface area contributed by atoms with Gasteiger partial charge in [0.2, 0.25) is 0 Å². The molecule has 3 nitrogen and oxygen atoms in total. The number of rotatable bonds is 5. The molecule has 102 valence electrons. The number of nitrogens with zero attached hydrogens (tertiary/aromatic N) is 2. The van der Waals surface area contributed by atoms with Gasteiger partial charge in [0.1, 0.15) is 5.82 Å². The zero-order valence-electron chi connectivity index (χ0n) is 10.7. The van der Waals surface area contributed by atoms with Gasteiger partial charge in [-0.3, -0.25) is 0 Å². The van der Waals surface area contributed by atoms with Gasteiger partial charge in [0.25, 0.3) is 0 Å². The average Bonchev–Trinajstić information content (AvgIpc) is 2.76.